The number of hydrogen-bond donors (Lipinski definition) is 1. The highest BCUT2D eigenvalue weighted by Gasteiger charge is 2.41. The smallest absolute Gasteiger partial charge is 0.193 e. The van der Waals surface area contributed by atoms with Crippen LogP contribution in [0.1, 0.15) is 37.7 Å². The first-order chi connectivity index (χ1) is 14.3. The van der Waals surface area contributed by atoms with E-state index in [1.165, 1.54) is 37.7 Å². The summed E-state index contributed by atoms with van der Waals surface area (Å²) >= 11 is 0. The van der Waals surface area contributed by atoms with Crippen LogP contribution in [-0.2, 0) is 11.3 Å². The van der Waals surface area contributed by atoms with Gasteiger partial charge in [-0.25, -0.2) is 0 Å². The molecule has 1 saturated carbocycles. The molecule has 168 valence electrons. The summed E-state index contributed by atoms with van der Waals surface area (Å²) in [6, 6.07) is 8.35. The van der Waals surface area contributed by atoms with Gasteiger partial charge in [0, 0.05) is 51.9 Å². The van der Waals surface area contributed by atoms with E-state index in [1.807, 2.05) is 13.1 Å². The summed E-state index contributed by atoms with van der Waals surface area (Å²) in [4.78, 5) is 9.42. The summed E-state index contributed by atoms with van der Waals surface area (Å²) < 4.78 is 11.5. The molecular formula is C23H37IN4O2. The molecule has 0 atom stereocenters. The van der Waals surface area contributed by atoms with Crippen LogP contribution in [0, 0.1) is 5.41 Å². The predicted molar refractivity (Wildman–Crippen MR) is 132 cm³/mol. The maximum Gasteiger partial charge on any atom is 0.193 e. The van der Waals surface area contributed by atoms with E-state index in [9.17, 15) is 0 Å². The van der Waals surface area contributed by atoms with Crippen molar-refractivity contribution in [1.82, 2.24) is 15.1 Å². The van der Waals surface area contributed by atoms with Crippen LogP contribution in [0.5, 0.6) is 5.75 Å². The zero-order valence-electron chi connectivity index (χ0n) is 18.3. The van der Waals surface area contributed by atoms with Crippen molar-refractivity contribution in [2.45, 2.75) is 38.6 Å². The minimum atomic E-state index is 0. The summed E-state index contributed by atoms with van der Waals surface area (Å²) in [6.45, 7) is 8.34. The maximum atomic E-state index is 6.13. The third-order valence-electron chi connectivity index (χ3n) is 6.79. The lowest BCUT2D eigenvalue weighted by atomic mass is 9.86. The Hall–Kier alpha value is -1.06. The van der Waals surface area contributed by atoms with Gasteiger partial charge in [-0.3, -0.25) is 9.89 Å². The molecule has 2 heterocycles. The van der Waals surface area contributed by atoms with Crippen molar-refractivity contribution >= 4 is 29.9 Å². The van der Waals surface area contributed by atoms with Crippen LogP contribution in [0.25, 0.3) is 0 Å². The number of morpholine rings is 1. The highest BCUT2D eigenvalue weighted by molar-refractivity contribution is 14.0. The molecular weight excluding hydrogens is 491 g/mol. The van der Waals surface area contributed by atoms with Crippen molar-refractivity contribution in [3.8, 4) is 5.75 Å². The second kappa shape index (κ2) is 11.5. The van der Waals surface area contributed by atoms with Crippen LogP contribution in [0.2, 0.25) is 0 Å². The van der Waals surface area contributed by atoms with E-state index in [-0.39, 0.29) is 24.0 Å². The first-order valence-electron chi connectivity index (χ1n) is 11.2. The Labute approximate surface area is 198 Å². The largest absolute Gasteiger partial charge is 0.492 e. The number of hydrogen-bond acceptors (Lipinski definition) is 4. The van der Waals surface area contributed by atoms with Gasteiger partial charge in [0.2, 0.25) is 0 Å². The Morgan fingerprint density at radius 1 is 1.13 bits per heavy atom. The molecule has 0 aromatic heterocycles. The molecule has 0 unspecified atom stereocenters. The first kappa shape index (κ1) is 23.6. The molecule has 1 N–H and O–H groups in total. The lowest BCUT2D eigenvalue weighted by Crippen LogP contribution is -2.40. The van der Waals surface area contributed by atoms with E-state index < -0.39 is 0 Å². The fraction of sp³-hybridized carbons (Fsp3) is 0.696. The van der Waals surface area contributed by atoms with Gasteiger partial charge in [0.05, 0.1) is 13.2 Å². The lowest BCUT2D eigenvalue weighted by molar-refractivity contribution is 0.0322. The molecule has 1 spiro atoms. The van der Waals surface area contributed by atoms with Gasteiger partial charge >= 0.3 is 0 Å². The molecule has 2 saturated heterocycles. The van der Waals surface area contributed by atoms with Crippen LogP contribution in [0.15, 0.2) is 29.3 Å². The van der Waals surface area contributed by atoms with Gasteiger partial charge in [-0.2, -0.15) is 0 Å². The quantitative estimate of drug-likeness (QED) is 0.349. The van der Waals surface area contributed by atoms with Crippen LogP contribution in [-0.4, -0.2) is 75.4 Å². The Balaban J connectivity index is 0.00000256. The van der Waals surface area contributed by atoms with Crippen LogP contribution < -0.4 is 10.1 Å². The molecule has 0 amide bonds. The fourth-order valence-electron chi connectivity index (χ4n) is 5.06. The highest BCUT2D eigenvalue weighted by atomic mass is 127. The normalized spacial score (nSPS) is 21.6. The van der Waals surface area contributed by atoms with E-state index in [4.69, 9.17) is 9.47 Å². The molecule has 1 aliphatic carbocycles. The first-order valence-corrected chi connectivity index (χ1v) is 11.2. The molecule has 30 heavy (non-hydrogen) atoms. The summed E-state index contributed by atoms with van der Waals surface area (Å²) in [6.07, 6.45) is 6.89. The van der Waals surface area contributed by atoms with Crippen LogP contribution >= 0.6 is 24.0 Å². The minimum Gasteiger partial charge on any atom is -0.492 e. The number of rotatable bonds is 6. The van der Waals surface area contributed by atoms with E-state index in [0.717, 1.165) is 64.2 Å². The summed E-state index contributed by atoms with van der Waals surface area (Å²) in [5.41, 5.74) is 1.74. The standard InChI is InChI=1S/C23H36N4O2.HI/c1-24-22(27-11-10-23(19-27)8-4-5-9-23)25-18-20-6-2-3-7-21(20)29-17-14-26-12-15-28-16-13-26;/h2-3,6-7H,4-5,8-19H2,1H3,(H,24,25);1H. The highest BCUT2D eigenvalue weighted by Crippen LogP contribution is 2.45. The van der Waals surface area contributed by atoms with Gasteiger partial charge in [0.1, 0.15) is 12.4 Å². The molecule has 1 aromatic rings. The summed E-state index contributed by atoms with van der Waals surface area (Å²) in [5.74, 6) is 1.99. The Morgan fingerprint density at radius 3 is 2.67 bits per heavy atom. The monoisotopic (exact) mass is 528 g/mol. The molecule has 7 heteroatoms. The van der Waals surface area contributed by atoms with Crippen LogP contribution in [0.4, 0.5) is 0 Å². The van der Waals surface area contributed by atoms with Crippen molar-refractivity contribution in [3.63, 3.8) is 0 Å². The number of nitrogens with zero attached hydrogens (tertiary/aromatic N) is 3. The van der Waals surface area contributed by atoms with E-state index in [2.05, 4.69) is 38.3 Å². The van der Waals surface area contributed by atoms with Crippen molar-refractivity contribution in [3.05, 3.63) is 29.8 Å². The lowest BCUT2D eigenvalue weighted by Gasteiger charge is -2.27. The number of likely N-dealkylation sites (tertiary alicyclic amines) is 1. The number of halogens is 1. The summed E-state index contributed by atoms with van der Waals surface area (Å²) in [7, 11) is 1.90. The Morgan fingerprint density at radius 2 is 1.90 bits per heavy atom. The van der Waals surface area contributed by atoms with Crippen molar-refractivity contribution in [2.24, 2.45) is 10.4 Å². The topological polar surface area (TPSA) is 49.3 Å². The van der Waals surface area contributed by atoms with Gasteiger partial charge < -0.3 is 19.7 Å². The third kappa shape index (κ3) is 6.01. The average Bonchev–Trinajstić information content (AvgIpc) is 3.40. The Kier molecular flexibility index (Phi) is 9.07. The van der Waals surface area contributed by atoms with E-state index in [0.29, 0.717) is 12.0 Å². The van der Waals surface area contributed by atoms with Crippen molar-refractivity contribution in [2.75, 3.05) is 59.6 Å². The molecule has 6 nitrogen and oxygen atoms in total. The fourth-order valence-corrected chi connectivity index (χ4v) is 5.06. The molecule has 1 aromatic carbocycles. The predicted octanol–water partition coefficient (Wildman–Crippen LogP) is 3.36. The minimum absolute atomic E-state index is 0. The van der Waals surface area contributed by atoms with Gasteiger partial charge in [-0.15, -0.1) is 24.0 Å². The number of aliphatic imine (C=N–C) groups is 1. The maximum absolute atomic E-state index is 6.13. The van der Waals surface area contributed by atoms with Gasteiger partial charge in [0.15, 0.2) is 5.96 Å². The Bertz CT molecular complexity index is 688. The number of ether oxygens (including phenoxy) is 2. The number of para-hydroxylation sites is 1. The number of benzene rings is 1. The third-order valence-corrected chi connectivity index (χ3v) is 6.79. The molecule has 3 aliphatic rings. The molecule has 0 bridgehead atoms. The average molecular weight is 528 g/mol. The van der Waals surface area contributed by atoms with Gasteiger partial charge in [0.25, 0.3) is 0 Å². The van der Waals surface area contributed by atoms with E-state index in [1.54, 1.807) is 0 Å². The van der Waals surface area contributed by atoms with Gasteiger partial charge in [-0.05, 0) is 30.7 Å². The van der Waals surface area contributed by atoms with E-state index >= 15 is 0 Å². The van der Waals surface area contributed by atoms with Crippen molar-refractivity contribution in [1.29, 1.82) is 0 Å². The number of nitrogens with one attached hydrogen (secondary N) is 1. The zero-order chi connectivity index (χ0) is 19.9. The SMILES string of the molecule is CN=C(NCc1ccccc1OCCN1CCOCC1)N1CCC2(CCCC2)C1.I. The summed E-state index contributed by atoms with van der Waals surface area (Å²) in [5, 5.41) is 3.58. The van der Waals surface area contributed by atoms with Crippen LogP contribution in [0.3, 0.4) is 0 Å². The second-order valence-corrected chi connectivity index (χ2v) is 8.69. The zero-order valence-corrected chi connectivity index (χ0v) is 20.6. The molecule has 4 rings (SSSR count). The molecule has 0 radical (unpaired) electrons. The second-order valence-electron chi connectivity index (χ2n) is 8.69. The molecule has 3 fully saturated rings. The van der Waals surface area contributed by atoms with Crippen molar-refractivity contribution < 1.29 is 9.47 Å². The molecule has 2 aliphatic heterocycles. The number of guanidine groups is 1. The van der Waals surface area contributed by atoms with Gasteiger partial charge in [-0.1, -0.05) is 31.0 Å².